The van der Waals surface area contributed by atoms with E-state index in [-0.39, 0.29) is 30.9 Å². The second-order valence-corrected chi connectivity index (χ2v) is 9.93. The van der Waals surface area contributed by atoms with E-state index in [1.54, 1.807) is 19.1 Å². The second kappa shape index (κ2) is 12.5. The lowest BCUT2D eigenvalue weighted by Gasteiger charge is -2.25. The van der Waals surface area contributed by atoms with Crippen molar-refractivity contribution in [1.82, 2.24) is 30.7 Å². The highest BCUT2D eigenvalue weighted by atomic mass is 16.5. The number of nitrogens with two attached hydrogens (primary N) is 1. The summed E-state index contributed by atoms with van der Waals surface area (Å²) in [6.07, 6.45) is 0.302. The van der Waals surface area contributed by atoms with Gasteiger partial charge in [-0.2, -0.15) is 5.10 Å². The molecule has 2 bridgehead atoms. The van der Waals surface area contributed by atoms with Crippen molar-refractivity contribution >= 4 is 17.7 Å². The molecular weight excluding hydrogens is 498 g/mol. The van der Waals surface area contributed by atoms with E-state index in [1.807, 2.05) is 56.3 Å². The van der Waals surface area contributed by atoms with Crippen LogP contribution < -0.4 is 26.4 Å². The van der Waals surface area contributed by atoms with Crippen LogP contribution in [0.1, 0.15) is 38.2 Å². The number of ether oxygens (including phenoxy) is 1. The Kier molecular flexibility index (Phi) is 8.92. The van der Waals surface area contributed by atoms with Crippen LogP contribution in [-0.2, 0) is 27.3 Å². The fourth-order valence-electron chi connectivity index (χ4n) is 4.28. The topological polar surface area (TPSA) is 153 Å². The maximum atomic E-state index is 13.3. The monoisotopic (exact) mass is 533 g/mol. The number of hydrogen-bond donors (Lipinski definition) is 4. The average Bonchev–Trinajstić information content (AvgIpc) is 3.34. The smallest absolute Gasteiger partial charge is 0.243 e. The van der Waals surface area contributed by atoms with Crippen molar-refractivity contribution in [1.29, 1.82) is 0 Å². The molecule has 3 heterocycles. The molecule has 5 N–H and O–H groups in total. The Labute approximate surface area is 227 Å². The van der Waals surface area contributed by atoms with Crippen molar-refractivity contribution in [3.63, 3.8) is 0 Å². The zero-order valence-corrected chi connectivity index (χ0v) is 22.4. The van der Waals surface area contributed by atoms with Gasteiger partial charge in [-0.05, 0) is 37.0 Å². The summed E-state index contributed by atoms with van der Waals surface area (Å²) in [4.78, 5) is 43.7. The standard InChI is InChI=1S/C28H35N7O4/c1-17(2)24-28(38)31-18(3)26-33-25(20-7-5-4-6-8-20)34-35(26)16-23(36)30-13-14-39-21-11-9-19(10-12-21)15-22(29)27(37)32-24/h4-12,17-18,22,24H,13-16,29H2,1-3H3,(H,30,36)(H,31,38)(H,32,37)/t18-,22-,24+/m0/s1. The number of aromatic nitrogens is 3. The minimum Gasteiger partial charge on any atom is -0.492 e. The van der Waals surface area contributed by atoms with Gasteiger partial charge in [0.15, 0.2) is 5.82 Å². The first-order valence-electron chi connectivity index (χ1n) is 13.1. The number of benzene rings is 2. The predicted octanol–water partition coefficient (Wildman–Crippen LogP) is 1.34. The zero-order chi connectivity index (χ0) is 27.9. The van der Waals surface area contributed by atoms with E-state index >= 15 is 0 Å². The van der Waals surface area contributed by atoms with Crippen molar-refractivity contribution in [3.8, 4) is 17.1 Å². The first kappa shape index (κ1) is 27.8. The van der Waals surface area contributed by atoms with Gasteiger partial charge in [0.2, 0.25) is 17.7 Å². The van der Waals surface area contributed by atoms with Crippen LogP contribution in [-0.4, -0.2) is 57.7 Å². The molecule has 0 saturated heterocycles. The number of fused-ring (bicyclic) bond motifs is 14. The van der Waals surface area contributed by atoms with Gasteiger partial charge >= 0.3 is 0 Å². The van der Waals surface area contributed by atoms with Crippen LogP contribution in [0.4, 0.5) is 0 Å². The summed E-state index contributed by atoms with van der Waals surface area (Å²) in [5.41, 5.74) is 7.83. The van der Waals surface area contributed by atoms with Gasteiger partial charge in [-0.3, -0.25) is 14.4 Å². The van der Waals surface area contributed by atoms with Gasteiger partial charge in [0.05, 0.1) is 18.6 Å². The van der Waals surface area contributed by atoms with Crippen molar-refractivity contribution in [2.45, 2.75) is 51.9 Å². The van der Waals surface area contributed by atoms with Gasteiger partial charge in [0, 0.05) is 5.56 Å². The molecule has 0 aliphatic carbocycles. The molecule has 3 amide bonds. The van der Waals surface area contributed by atoms with Gasteiger partial charge < -0.3 is 26.4 Å². The Morgan fingerprint density at radius 3 is 2.41 bits per heavy atom. The average molecular weight is 534 g/mol. The maximum absolute atomic E-state index is 13.3. The highest BCUT2D eigenvalue weighted by Crippen LogP contribution is 2.20. The quantitative estimate of drug-likeness (QED) is 0.388. The van der Waals surface area contributed by atoms with Gasteiger partial charge in [0.1, 0.15) is 30.8 Å². The molecular formula is C28H35N7O4. The lowest BCUT2D eigenvalue weighted by atomic mass is 10.0. The highest BCUT2D eigenvalue weighted by molar-refractivity contribution is 5.90. The Morgan fingerprint density at radius 2 is 1.72 bits per heavy atom. The summed E-state index contributed by atoms with van der Waals surface area (Å²) in [6.45, 7) is 5.93. The predicted molar refractivity (Wildman–Crippen MR) is 145 cm³/mol. The molecule has 0 fully saturated rings. The zero-order valence-electron chi connectivity index (χ0n) is 22.4. The van der Waals surface area contributed by atoms with Gasteiger partial charge in [0.25, 0.3) is 0 Å². The molecule has 2 aliphatic heterocycles. The second-order valence-electron chi connectivity index (χ2n) is 9.93. The van der Waals surface area contributed by atoms with E-state index in [0.717, 1.165) is 11.1 Å². The summed E-state index contributed by atoms with van der Waals surface area (Å²) in [5, 5.41) is 13.1. The minimum absolute atomic E-state index is 0.0940. The molecule has 206 valence electrons. The van der Waals surface area contributed by atoms with Crippen molar-refractivity contribution in [3.05, 3.63) is 66.0 Å². The van der Waals surface area contributed by atoms with E-state index in [0.29, 0.717) is 30.4 Å². The molecule has 5 rings (SSSR count). The first-order chi connectivity index (χ1) is 18.7. The number of amides is 3. The number of nitrogens with zero attached hydrogens (tertiary/aromatic N) is 3. The van der Waals surface area contributed by atoms with E-state index in [9.17, 15) is 14.4 Å². The van der Waals surface area contributed by atoms with Crippen LogP contribution in [0.25, 0.3) is 11.4 Å². The maximum Gasteiger partial charge on any atom is 0.243 e. The minimum atomic E-state index is -0.833. The van der Waals surface area contributed by atoms with Crippen molar-refractivity contribution in [2.75, 3.05) is 13.2 Å². The van der Waals surface area contributed by atoms with Gasteiger partial charge in [-0.25, -0.2) is 9.67 Å². The molecule has 0 unspecified atom stereocenters. The van der Waals surface area contributed by atoms with E-state index < -0.39 is 24.0 Å². The summed E-state index contributed by atoms with van der Waals surface area (Å²) in [7, 11) is 0. The van der Waals surface area contributed by atoms with Crippen LogP contribution in [0.3, 0.4) is 0 Å². The lowest BCUT2D eigenvalue weighted by Crippen LogP contribution is -2.54. The summed E-state index contributed by atoms with van der Waals surface area (Å²) in [5.74, 6) is 0.209. The highest BCUT2D eigenvalue weighted by Gasteiger charge is 2.29. The first-order valence-corrected chi connectivity index (χ1v) is 13.1. The van der Waals surface area contributed by atoms with Crippen LogP contribution in [0.2, 0.25) is 0 Å². The number of nitrogens with one attached hydrogen (secondary N) is 3. The summed E-state index contributed by atoms with van der Waals surface area (Å²) < 4.78 is 7.22. The molecule has 3 atom stereocenters. The van der Waals surface area contributed by atoms with Crippen LogP contribution in [0.15, 0.2) is 54.6 Å². The Hall–Kier alpha value is -4.25. The molecule has 2 aromatic carbocycles. The Bertz CT molecular complexity index is 1290. The van der Waals surface area contributed by atoms with Gasteiger partial charge in [-0.15, -0.1) is 0 Å². The molecule has 11 nitrogen and oxygen atoms in total. The SMILES string of the molecule is CC(C)[C@H]1NC(=O)[C@@H](N)Cc2ccc(cc2)OCCNC(=O)Cn2nc(-c3ccccc3)nc2[C@H](C)NC1=O. The number of carbonyl (C=O) groups is 3. The van der Waals surface area contributed by atoms with Gasteiger partial charge in [-0.1, -0.05) is 56.3 Å². The molecule has 1 aromatic heterocycles. The van der Waals surface area contributed by atoms with Crippen molar-refractivity contribution in [2.24, 2.45) is 11.7 Å². The fourth-order valence-corrected chi connectivity index (χ4v) is 4.28. The third-order valence-corrected chi connectivity index (χ3v) is 6.43. The Morgan fingerprint density at radius 1 is 1.00 bits per heavy atom. The lowest BCUT2D eigenvalue weighted by molar-refractivity contribution is -0.131. The van der Waals surface area contributed by atoms with Crippen LogP contribution in [0.5, 0.6) is 5.75 Å². The molecule has 0 saturated carbocycles. The van der Waals surface area contributed by atoms with Crippen LogP contribution in [0, 0.1) is 5.92 Å². The summed E-state index contributed by atoms with van der Waals surface area (Å²) in [6, 6.07) is 14.4. The molecule has 11 heteroatoms. The number of hydrogen-bond acceptors (Lipinski definition) is 7. The third-order valence-electron chi connectivity index (χ3n) is 6.43. The normalized spacial score (nSPS) is 21.4. The molecule has 3 aromatic rings. The van der Waals surface area contributed by atoms with Crippen molar-refractivity contribution < 1.29 is 19.1 Å². The third kappa shape index (κ3) is 7.20. The summed E-state index contributed by atoms with van der Waals surface area (Å²) >= 11 is 0. The molecule has 2 aliphatic rings. The molecule has 0 radical (unpaired) electrons. The number of carbonyl (C=O) groups excluding carboxylic acids is 3. The van der Waals surface area contributed by atoms with E-state index in [1.165, 1.54) is 4.68 Å². The largest absolute Gasteiger partial charge is 0.492 e. The van der Waals surface area contributed by atoms with E-state index in [2.05, 4.69) is 26.0 Å². The van der Waals surface area contributed by atoms with Crippen LogP contribution >= 0.6 is 0 Å². The molecule has 39 heavy (non-hydrogen) atoms. The fraction of sp³-hybridized carbons (Fsp3) is 0.393. The molecule has 0 spiro atoms. The number of rotatable bonds is 2. The Balaban J connectivity index is 1.63. The van der Waals surface area contributed by atoms with E-state index in [4.69, 9.17) is 10.5 Å².